The summed E-state index contributed by atoms with van der Waals surface area (Å²) in [4.78, 5) is 24.6. The van der Waals surface area contributed by atoms with Gasteiger partial charge < -0.3 is 9.47 Å². The van der Waals surface area contributed by atoms with Crippen molar-refractivity contribution in [2.45, 2.75) is 122 Å². The largest absolute Gasteiger partial charge is 0.462 e. The number of carbonyl (C=O) groups is 2. The molecule has 0 fully saturated rings. The summed E-state index contributed by atoms with van der Waals surface area (Å²) < 4.78 is 10.5. The van der Waals surface area contributed by atoms with Gasteiger partial charge in [-0.3, -0.25) is 0 Å². The Kier molecular flexibility index (Phi) is 18.6. The number of alkyl halides is 1. The molecule has 0 amide bonds. The van der Waals surface area contributed by atoms with Crippen molar-refractivity contribution < 1.29 is 19.1 Å². The highest BCUT2D eigenvalue weighted by Gasteiger charge is 2.19. The van der Waals surface area contributed by atoms with Crippen molar-refractivity contribution in [3.8, 4) is 0 Å². The van der Waals surface area contributed by atoms with Crippen LogP contribution in [0.4, 0.5) is 0 Å². The Hall–Kier alpha value is -1.55. The second-order valence-electron chi connectivity index (χ2n) is 9.36. The van der Waals surface area contributed by atoms with E-state index in [2.05, 4.69) is 6.92 Å². The number of ether oxygens (including phenoxy) is 2. The molecule has 0 aliphatic carbocycles. The molecular weight excluding hydrogens is 448 g/mol. The monoisotopic (exact) mass is 494 g/mol. The number of esters is 2. The fraction of sp³-hybridized carbons (Fsp3) is 0.724. The zero-order chi connectivity index (χ0) is 24.9. The molecule has 0 N–H and O–H groups in total. The van der Waals surface area contributed by atoms with Crippen molar-refractivity contribution in [2.24, 2.45) is 0 Å². The molecule has 0 aliphatic heterocycles. The Morgan fingerprint density at radius 1 is 0.676 bits per heavy atom. The van der Waals surface area contributed by atoms with E-state index in [-0.39, 0.29) is 23.1 Å². The molecule has 0 heterocycles. The first-order valence-corrected chi connectivity index (χ1v) is 14.1. The van der Waals surface area contributed by atoms with Gasteiger partial charge in [-0.15, -0.1) is 11.6 Å². The van der Waals surface area contributed by atoms with Crippen LogP contribution in [0.2, 0.25) is 0 Å². The molecule has 0 spiro atoms. The van der Waals surface area contributed by atoms with Crippen molar-refractivity contribution in [2.75, 3.05) is 13.2 Å². The van der Waals surface area contributed by atoms with Crippen LogP contribution in [-0.2, 0) is 9.47 Å². The first-order valence-electron chi connectivity index (χ1n) is 13.6. The third-order valence-electron chi connectivity index (χ3n) is 6.04. The van der Waals surface area contributed by atoms with Crippen LogP contribution in [0.5, 0.6) is 0 Å². The number of hydrogen-bond acceptors (Lipinski definition) is 4. The van der Waals surface area contributed by atoms with Crippen molar-refractivity contribution in [3.05, 3.63) is 35.4 Å². The van der Waals surface area contributed by atoms with Gasteiger partial charge in [-0.2, -0.15) is 0 Å². The van der Waals surface area contributed by atoms with Crippen LogP contribution in [-0.4, -0.2) is 30.5 Å². The van der Waals surface area contributed by atoms with Crippen LogP contribution in [0.1, 0.15) is 137 Å². The summed E-state index contributed by atoms with van der Waals surface area (Å²) in [7, 11) is 0. The summed E-state index contributed by atoms with van der Waals surface area (Å²) in [5.74, 6) is -1.03. The highest BCUT2D eigenvalue weighted by molar-refractivity contribution is 6.20. The van der Waals surface area contributed by atoms with Gasteiger partial charge in [0.05, 0.1) is 23.1 Å². The molecule has 4 nitrogen and oxygen atoms in total. The van der Waals surface area contributed by atoms with E-state index in [1.165, 1.54) is 89.9 Å². The minimum atomic E-state index is -0.553. The summed E-state index contributed by atoms with van der Waals surface area (Å²) in [5, 5.41) is -0.280. The standard InChI is InChI=1S/C29H47ClO4/c1-3-4-5-6-7-8-9-10-11-12-13-14-15-16-17-20-23-33-28(31)26-21-18-19-22-27(26)29(32)34-24-25(2)30/h18-19,21-22,25H,3-17,20,23-24H2,1-2H3. The fourth-order valence-corrected chi connectivity index (χ4v) is 4.06. The number of carbonyl (C=O) groups excluding carboxylic acids is 2. The lowest BCUT2D eigenvalue weighted by Gasteiger charge is -2.10. The molecule has 1 atom stereocenters. The van der Waals surface area contributed by atoms with E-state index in [0.717, 1.165) is 12.8 Å². The van der Waals surface area contributed by atoms with Crippen molar-refractivity contribution >= 4 is 23.5 Å². The van der Waals surface area contributed by atoms with Crippen molar-refractivity contribution in [1.82, 2.24) is 0 Å². The SMILES string of the molecule is CCCCCCCCCCCCCCCCCCOC(=O)c1ccccc1C(=O)OCC(C)Cl. The molecule has 194 valence electrons. The van der Waals surface area contributed by atoms with Gasteiger partial charge in [0.15, 0.2) is 0 Å². The zero-order valence-electron chi connectivity index (χ0n) is 21.6. The van der Waals surface area contributed by atoms with Crippen molar-refractivity contribution in [3.63, 3.8) is 0 Å². The molecule has 0 saturated carbocycles. The van der Waals surface area contributed by atoms with Crippen LogP contribution in [0.25, 0.3) is 0 Å². The van der Waals surface area contributed by atoms with Crippen LogP contribution in [0.15, 0.2) is 24.3 Å². The van der Waals surface area contributed by atoms with E-state index in [0.29, 0.717) is 6.61 Å². The van der Waals surface area contributed by atoms with E-state index < -0.39 is 11.9 Å². The topological polar surface area (TPSA) is 52.6 Å². The molecule has 0 saturated heterocycles. The lowest BCUT2D eigenvalue weighted by molar-refractivity contribution is 0.0455. The molecule has 0 aliphatic rings. The minimum Gasteiger partial charge on any atom is -0.462 e. The molecule has 1 aromatic rings. The summed E-state index contributed by atoms with van der Waals surface area (Å²) >= 11 is 5.83. The molecule has 1 unspecified atom stereocenters. The molecule has 1 rings (SSSR count). The zero-order valence-corrected chi connectivity index (χ0v) is 22.4. The first-order chi connectivity index (χ1) is 16.6. The van der Waals surface area contributed by atoms with Crippen LogP contribution in [0.3, 0.4) is 0 Å². The summed E-state index contributed by atoms with van der Waals surface area (Å²) in [6.45, 7) is 4.49. The third-order valence-corrected chi connectivity index (χ3v) is 6.17. The predicted molar refractivity (Wildman–Crippen MR) is 142 cm³/mol. The quantitative estimate of drug-likeness (QED) is 0.0971. The van der Waals surface area contributed by atoms with Crippen molar-refractivity contribution in [1.29, 1.82) is 0 Å². The van der Waals surface area contributed by atoms with Gasteiger partial charge in [0.25, 0.3) is 0 Å². The molecule has 0 radical (unpaired) electrons. The highest BCUT2D eigenvalue weighted by atomic mass is 35.5. The van der Waals surface area contributed by atoms with Gasteiger partial charge in [-0.25, -0.2) is 9.59 Å². The average Bonchev–Trinajstić information content (AvgIpc) is 2.84. The third kappa shape index (κ3) is 15.4. The van der Waals surface area contributed by atoms with E-state index in [1.54, 1.807) is 31.2 Å². The lowest BCUT2D eigenvalue weighted by atomic mass is 10.0. The second kappa shape index (κ2) is 20.8. The maximum atomic E-state index is 12.4. The predicted octanol–water partition coefficient (Wildman–Crippen LogP) is 8.89. The van der Waals surface area contributed by atoms with Gasteiger partial charge in [0, 0.05) is 0 Å². The number of rotatable bonds is 21. The average molecular weight is 495 g/mol. The maximum absolute atomic E-state index is 12.4. The van der Waals surface area contributed by atoms with Gasteiger partial charge in [-0.05, 0) is 25.5 Å². The summed E-state index contributed by atoms with van der Waals surface area (Å²) in [6, 6.07) is 6.59. The van der Waals surface area contributed by atoms with Gasteiger partial charge in [0.1, 0.15) is 6.61 Å². The van der Waals surface area contributed by atoms with Crippen LogP contribution in [0, 0.1) is 0 Å². The number of unbranched alkanes of at least 4 members (excludes halogenated alkanes) is 15. The number of halogens is 1. The number of hydrogen-bond donors (Lipinski definition) is 0. The fourth-order valence-electron chi connectivity index (χ4n) is 4.00. The Morgan fingerprint density at radius 3 is 1.47 bits per heavy atom. The Bertz CT molecular complexity index is 659. The maximum Gasteiger partial charge on any atom is 0.339 e. The summed E-state index contributed by atoms with van der Waals surface area (Å²) in [5.41, 5.74) is 0.461. The van der Waals surface area contributed by atoms with Crippen LogP contribution >= 0.6 is 11.6 Å². The van der Waals surface area contributed by atoms with Crippen LogP contribution < -0.4 is 0 Å². The minimum absolute atomic E-state index is 0.100. The van der Waals surface area contributed by atoms with Gasteiger partial charge >= 0.3 is 11.9 Å². The molecular formula is C29H47ClO4. The molecule has 5 heteroatoms. The van der Waals surface area contributed by atoms with E-state index in [9.17, 15) is 9.59 Å². The normalized spacial score (nSPS) is 11.9. The smallest absolute Gasteiger partial charge is 0.339 e. The van der Waals surface area contributed by atoms with Gasteiger partial charge in [0.2, 0.25) is 0 Å². The Balaban J connectivity index is 2.02. The first kappa shape index (κ1) is 30.5. The summed E-state index contributed by atoms with van der Waals surface area (Å²) in [6.07, 6.45) is 20.9. The lowest BCUT2D eigenvalue weighted by Crippen LogP contribution is -2.17. The highest BCUT2D eigenvalue weighted by Crippen LogP contribution is 2.15. The second-order valence-corrected chi connectivity index (χ2v) is 10.1. The van der Waals surface area contributed by atoms with E-state index in [4.69, 9.17) is 21.1 Å². The molecule has 0 bridgehead atoms. The van der Waals surface area contributed by atoms with Gasteiger partial charge in [-0.1, -0.05) is 115 Å². The van der Waals surface area contributed by atoms with E-state index >= 15 is 0 Å². The molecule has 1 aromatic carbocycles. The number of benzene rings is 1. The molecule has 0 aromatic heterocycles. The Labute approximate surface area is 213 Å². The molecule has 34 heavy (non-hydrogen) atoms. The van der Waals surface area contributed by atoms with E-state index in [1.807, 2.05) is 0 Å². The Morgan fingerprint density at radius 2 is 1.06 bits per heavy atom.